The minimum atomic E-state index is 0.783. The number of fused-ring (bicyclic) bond motifs is 1. The molecule has 0 saturated carbocycles. The molecule has 0 fully saturated rings. The van der Waals surface area contributed by atoms with Crippen molar-refractivity contribution < 1.29 is 4.74 Å². The van der Waals surface area contributed by atoms with Gasteiger partial charge in [0.2, 0.25) is 0 Å². The molecule has 4 aromatic rings. The van der Waals surface area contributed by atoms with Crippen molar-refractivity contribution in [3.63, 3.8) is 0 Å². The molecular formula is C20H15IN2O. The average molecular weight is 426 g/mol. The number of rotatable bonds is 4. The van der Waals surface area contributed by atoms with Crippen LogP contribution in [0.2, 0.25) is 0 Å². The highest BCUT2D eigenvalue weighted by Crippen LogP contribution is 2.30. The van der Waals surface area contributed by atoms with E-state index >= 15 is 0 Å². The molecule has 0 aliphatic carbocycles. The largest absolute Gasteiger partial charge is 0.456 e. The summed E-state index contributed by atoms with van der Waals surface area (Å²) in [4.78, 5) is 4.09. The number of hydrogen-bond donors (Lipinski definition) is 0. The number of halogens is 1. The molecule has 0 aliphatic heterocycles. The molecule has 0 bridgehead atoms. The van der Waals surface area contributed by atoms with Gasteiger partial charge in [0.1, 0.15) is 11.5 Å². The van der Waals surface area contributed by atoms with Gasteiger partial charge in [0.15, 0.2) is 0 Å². The van der Waals surface area contributed by atoms with E-state index in [2.05, 4.69) is 70.0 Å². The third-order valence-corrected chi connectivity index (χ3v) is 4.76. The van der Waals surface area contributed by atoms with Gasteiger partial charge < -0.3 is 9.30 Å². The lowest BCUT2D eigenvalue weighted by Gasteiger charge is -2.11. The van der Waals surface area contributed by atoms with Gasteiger partial charge in [0.05, 0.1) is 9.90 Å². The van der Waals surface area contributed by atoms with Gasteiger partial charge in [-0.1, -0.05) is 36.4 Å². The number of ether oxygens (including phenoxy) is 1. The van der Waals surface area contributed by atoms with E-state index in [0.29, 0.717) is 0 Å². The molecule has 1 heterocycles. The highest BCUT2D eigenvalue weighted by atomic mass is 127. The molecule has 0 unspecified atom stereocenters. The molecule has 24 heavy (non-hydrogen) atoms. The monoisotopic (exact) mass is 426 g/mol. The summed E-state index contributed by atoms with van der Waals surface area (Å²) in [6.07, 6.45) is 5.57. The summed E-state index contributed by atoms with van der Waals surface area (Å²) < 4.78 is 9.28. The number of benzene rings is 3. The first-order valence-corrected chi connectivity index (χ1v) is 8.77. The van der Waals surface area contributed by atoms with Gasteiger partial charge in [0.25, 0.3) is 0 Å². The fourth-order valence-electron chi connectivity index (χ4n) is 2.67. The molecule has 3 aromatic carbocycles. The molecule has 0 aliphatic rings. The SMILES string of the molecule is Ic1ccc(Cn2ccnc2)cc1Oc1ccc2ccccc2c1. The highest BCUT2D eigenvalue weighted by molar-refractivity contribution is 14.1. The van der Waals surface area contributed by atoms with Crippen LogP contribution in [0, 0.1) is 3.57 Å². The Labute approximate surface area is 154 Å². The molecule has 118 valence electrons. The molecule has 4 rings (SSSR count). The second-order valence-corrected chi connectivity index (χ2v) is 6.77. The molecule has 0 amide bonds. The maximum Gasteiger partial charge on any atom is 0.141 e. The van der Waals surface area contributed by atoms with Crippen LogP contribution in [0.4, 0.5) is 0 Å². The first-order chi connectivity index (χ1) is 11.8. The minimum absolute atomic E-state index is 0.783. The number of aromatic nitrogens is 2. The number of imidazole rings is 1. The van der Waals surface area contributed by atoms with Crippen molar-refractivity contribution in [1.29, 1.82) is 0 Å². The predicted octanol–water partition coefficient (Wildman–Crippen LogP) is 5.48. The van der Waals surface area contributed by atoms with E-state index in [4.69, 9.17) is 4.74 Å². The lowest BCUT2D eigenvalue weighted by molar-refractivity contribution is 0.479. The summed E-state index contributed by atoms with van der Waals surface area (Å²) in [6, 6.07) is 20.8. The summed E-state index contributed by atoms with van der Waals surface area (Å²) >= 11 is 2.31. The van der Waals surface area contributed by atoms with Crippen molar-refractivity contribution in [3.05, 3.63) is 88.5 Å². The van der Waals surface area contributed by atoms with E-state index in [1.54, 1.807) is 6.20 Å². The van der Waals surface area contributed by atoms with Gasteiger partial charge in [-0.25, -0.2) is 4.98 Å². The van der Waals surface area contributed by atoms with Crippen LogP contribution >= 0.6 is 22.6 Å². The van der Waals surface area contributed by atoms with Crippen LogP contribution in [0.15, 0.2) is 79.4 Å². The van der Waals surface area contributed by atoms with Gasteiger partial charge in [-0.05, 0) is 63.2 Å². The Morgan fingerprint density at radius 2 is 1.83 bits per heavy atom. The normalized spacial score (nSPS) is 10.9. The van der Waals surface area contributed by atoms with E-state index in [1.807, 2.05) is 35.3 Å². The highest BCUT2D eigenvalue weighted by Gasteiger charge is 2.06. The lowest BCUT2D eigenvalue weighted by Crippen LogP contribution is -1.97. The minimum Gasteiger partial charge on any atom is -0.456 e. The van der Waals surface area contributed by atoms with Gasteiger partial charge in [0, 0.05) is 18.9 Å². The van der Waals surface area contributed by atoms with E-state index in [-0.39, 0.29) is 0 Å². The van der Waals surface area contributed by atoms with Crippen molar-refractivity contribution in [2.24, 2.45) is 0 Å². The molecule has 0 saturated heterocycles. The summed E-state index contributed by atoms with van der Waals surface area (Å²) in [5.74, 6) is 1.73. The first-order valence-electron chi connectivity index (χ1n) is 7.69. The Bertz CT molecular complexity index is 980. The van der Waals surface area contributed by atoms with E-state index in [0.717, 1.165) is 21.6 Å². The molecule has 3 nitrogen and oxygen atoms in total. The first kappa shape index (κ1) is 15.2. The van der Waals surface area contributed by atoms with Gasteiger partial charge in [-0.2, -0.15) is 0 Å². The van der Waals surface area contributed by atoms with Crippen LogP contribution in [0.3, 0.4) is 0 Å². The fourth-order valence-corrected chi connectivity index (χ4v) is 3.12. The molecule has 4 heteroatoms. The van der Waals surface area contributed by atoms with Crippen LogP contribution in [0.1, 0.15) is 5.56 Å². The van der Waals surface area contributed by atoms with Crippen molar-refractivity contribution in [2.45, 2.75) is 6.54 Å². The molecule has 0 radical (unpaired) electrons. The smallest absolute Gasteiger partial charge is 0.141 e. The second-order valence-electron chi connectivity index (χ2n) is 5.61. The van der Waals surface area contributed by atoms with Gasteiger partial charge in [-0.3, -0.25) is 0 Å². The Morgan fingerprint density at radius 1 is 0.958 bits per heavy atom. The number of hydrogen-bond acceptors (Lipinski definition) is 2. The molecule has 0 spiro atoms. The molecular weight excluding hydrogens is 411 g/mol. The van der Waals surface area contributed by atoms with Crippen molar-refractivity contribution in [1.82, 2.24) is 9.55 Å². The summed E-state index contributed by atoms with van der Waals surface area (Å²) in [6.45, 7) is 0.783. The van der Waals surface area contributed by atoms with Crippen LogP contribution in [0.25, 0.3) is 10.8 Å². The van der Waals surface area contributed by atoms with Gasteiger partial charge >= 0.3 is 0 Å². The van der Waals surface area contributed by atoms with Crippen molar-refractivity contribution >= 4 is 33.4 Å². The maximum absolute atomic E-state index is 6.14. The summed E-state index contributed by atoms with van der Waals surface area (Å²) in [7, 11) is 0. The molecule has 0 N–H and O–H groups in total. The van der Waals surface area contributed by atoms with Crippen LogP contribution in [0.5, 0.6) is 11.5 Å². The van der Waals surface area contributed by atoms with Crippen molar-refractivity contribution in [2.75, 3.05) is 0 Å². The average Bonchev–Trinajstić information content (AvgIpc) is 3.11. The topological polar surface area (TPSA) is 27.1 Å². The van der Waals surface area contributed by atoms with E-state index < -0.39 is 0 Å². The standard InChI is InChI=1S/C20H15IN2O/c21-19-8-5-15(13-23-10-9-22-14-23)11-20(19)24-18-7-6-16-3-1-2-4-17(16)12-18/h1-12,14H,13H2. The fraction of sp³-hybridized carbons (Fsp3) is 0.0500. The molecule has 1 aromatic heterocycles. The third-order valence-electron chi connectivity index (χ3n) is 3.87. The van der Waals surface area contributed by atoms with Crippen LogP contribution in [-0.4, -0.2) is 9.55 Å². The summed E-state index contributed by atoms with van der Waals surface area (Å²) in [5, 5.41) is 2.40. The third kappa shape index (κ3) is 3.28. The van der Waals surface area contributed by atoms with Crippen LogP contribution < -0.4 is 4.74 Å². The molecule has 0 atom stereocenters. The Hall–Kier alpha value is -2.34. The second kappa shape index (κ2) is 6.65. The predicted molar refractivity (Wildman–Crippen MR) is 105 cm³/mol. The summed E-state index contributed by atoms with van der Waals surface area (Å²) in [5.41, 5.74) is 1.18. The Balaban J connectivity index is 1.62. The zero-order valence-electron chi connectivity index (χ0n) is 12.9. The maximum atomic E-state index is 6.14. The van der Waals surface area contributed by atoms with E-state index in [9.17, 15) is 0 Å². The lowest BCUT2D eigenvalue weighted by atomic mass is 10.1. The quantitative estimate of drug-likeness (QED) is 0.404. The van der Waals surface area contributed by atoms with E-state index in [1.165, 1.54) is 16.3 Å². The van der Waals surface area contributed by atoms with Crippen molar-refractivity contribution in [3.8, 4) is 11.5 Å². The van der Waals surface area contributed by atoms with Gasteiger partial charge in [-0.15, -0.1) is 0 Å². The zero-order valence-corrected chi connectivity index (χ0v) is 15.1. The van der Waals surface area contributed by atoms with Crippen LogP contribution in [-0.2, 0) is 6.54 Å². The zero-order chi connectivity index (χ0) is 16.4. The number of nitrogens with zero attached hydrogens (tertiary/aromatic N) is 2. The Kier molecular flexibility index (Phi) is 4.21. The Morgan fingerprint density at radius 3 is 2.67 bits per heavy atom.